The molecule has 1 aromatic carbocycles. The number of aliphatic hydroxyl groups is 3. The van der Waals surface area contributed by atoms with Gasteiger partial charge in [0.15, 0.2) is 0 Å². The van der Waals surface area contributed by atoms with Crippen LogP contribution in [0.5, 0.6) is 0 Å². The van der Waals surface area contributed by atoms with Gasteiger partial charge < -0.3 is 20.2 Å². The lowest BCUT2D eigenvalue weighted by Gasteiger charge is -2.43. The van der Waals surface area contributed by atoms with Crippen LogP contribution in [0.3, 0.4) is 0 Å². The van der Waals surface area contributed by atoms with E-state index in [2.05, 4.69) is 4.90 Å². The molecule has 5 nitrogen and oxygen atoms in total. The van der Waals surface area contributed by atoms with Crippen molar-refractivity contribution in [1.29, 1.82) is 0 Å². The number of likely N-dealkylation sites (tertiary alicyclic amines) is 1. The first-order valence-electron chi connectivity index (χ1n) is 8.25. The minimum atomic E-state index is -1.08. The van der Waals surface area contributed by atoms with E-state index >= 15 is 0 Å². The highest BCUT2D eigenvalue weighted by Crippen LogP contribution is 2.28. The quantitative estimate of drug-likeness (QED) is 0.753. The minimum absolute atomic E-state index is 0.198. The van der Waals surface area contributed by atoms with E-state index in [9.17, 15) is 19.7 Å². The maximum atomic E-state index is 13.9. The number of benzene rings is 1. The zero-order valence-electron chi connectivity index (χ0n) is 13.3. The van der Waals surface area contributed by atoms with E-state index in [1.807, 2.05) is 17.9 Å². The summed E-state index contributed by atoms with van der Waals surface area (Å²) in [5, 5.41) is 29.6. The van der Waals surface area contributed by atoms with Gasteiger partial charge >= 0.3 is 0 Å². The fraction of sp³-hybridized carbons (Fsp3) is 0.647. The molecule has 1 aromatic rings. The number of aliphatic hydroxyl groups excluding tert-OH is 3. The van der Waals surface area contributed by atoms with Gasteiger partial charge in [0.1, 0.15) is 11.9 Å². The highest BCUT2D eigenvalue weighted by Gasteiger charge is 2.40. The summed E-state index contributed by atoms with van der Waals surface area (Å²) in [5.74, 6) is 0.153. The summed E-state index contributed by atoms with van der Waals surface area (Å²) < 4.78 is 13.9. The van der Waals surface area contributed by atoms with E-state index in [1.165, 1.54) is 6.07 Å². The number of anilines is 1. The van der Waals surface area contributed by atoms with Crippen molar-refractivity contribution >= 4 is 5.69 Å². The summed E-state index contributed by atoms with van der Waals surface area (Å²) in [6.45, 7) is 4.52. The topological polar surface area (TPSA) is 67.2 Å². The van der Waals surface area contributed by atoms with Crippen molar-refractivity contribution in [3.05, 3.63) is 30.1 Å². The van der Waals surface area contributed by atoms with Crippen molar-refractivity contribution < 1.29 is 19.7 Å². The summed E-state index contributed by atoms with van der Waals surface area (Å²) in [6.07, 6.45) is -2.00. The lowest BCUT2D eigenvalue weighted by Crippen LogP contribution is -2.60. The molecule has 3 rings (SSSR count). The SMILES string of the molecule is C[C@@H]1[C@@H](O)[C@H](O)[C@@H](O)CN1CC1CCN(c2ccccc2F)C1. The summed E-state index contributed by atoms with van der Waals surface area (Å²) in [5.41, 5.74) is 0.636. The van der Waals surface area contributed by atoms with Crippen LogP contribution < -0.4 is 4.90 Å². The van der Waals surface area contributed by atoms with Gasteiger partial charge in [0.05, 0.1) is 17.9 Å². The van der Waals surface area contributed by atoms with Gasteiger partial charge in [-0.3, -0.25) is 4.90 Å². The Hall–Kier alpha value is -1.21. The Kier molecular flexibility index (Phi) is 4.87. The molecule has 6 heteroatoms. The molecule has 23 heavy (non-hydrogen) atoms. The van der Waals surface area contributed by atoms with Gasteiger partial charge in [0.25, 0.3) is 0 Å². The van der Waals surface area contributed by atoms with Crippen LogP contribution in [-0.4, -0.2) is 70.8 Å². The largest absolute Gasteiger partial charge is 0.389 e. The minimum Gasteiger partial charge on any atom is -0.389 e. The molecule has 5 atom stereocenters. The first-order valence-corrected chi connectivity index (χ1v) is 8.25. The molecule has 1 unspecified atom stereocenters. The fourth-order valence-corrected chi connectivity index (χ4v) is 3.72. The highest BCUT2D eigenvalue weighted by atomic mass is 19.1. The second-order valence-corrected chi connectivity index (χ2v) is 6.80. The number of nitrogens with zero attached hydrogens (tertiary/aromatic N) is 2. The van der Waals surface area contributed by atoms with Gasteiger partial charge in [0.2, 0.25) is 0 Å². The summed E-state index contributed by atoms with van der Waals surface area (Å²) in [6, 6.07) is 6.60. The van der Waals surface area contributed by atoms with Crippen LogP contribution in [0.25, 0.3) is 0 Å². The predicted molar refractivity (Wildman–Crippen MR) is 85.8 cm³/mol. The van der Waals surface area contributed by atoms with Crippen molar-refractivity contribution in [2.45, 2.75) is 37.7 Å². The number of rotatable bonds is 3. The zero-order valence-corrected chi connectivity index (χ0v) is 13.3. The van der Waals surface area contributed by atoms with Crippen LogP contribution in [-0.2, 0) is 0 Å². The number of hydrogen-bond donors (Lipinski definition) is 3. The second-order valence-electron chi connectivity index (χ2n) is 6.80. The predicted octanol–water partition coefficient (Wildman–Crippen LogP) is 0.439. The summed E-state index contributed by atoms with van der Waals surface area (Å²) >= 11 is 0. The molecule has 2 heterocycles. The Morgan fingerprint density at radius 2 is 1.87 bits per heavy atom. The van der Waals surface area contributed by atoms with Gasteiger partial charge in [-0.2, -0.15) is 0 Å². The third-order valence-electron chi connectivity index (χ3n) is 5.21. The Morgan fingerprint density at radius 3 is 2.61 bits per heavy atom. The van der Waals surface area contributed by atoms with Crippen LogP contribution in [0, 0.1) is 11.7 Å². The van der Waals surface area contributed by atoms with E-state index < -0.39 is 18.3 Å². The molecule has 0 bridgehead atoms. The zero-order chi connectivity index (χ0) is 16.6. The molecule has 2 saturated heterocycles. The molecule has 0 amide bonds. The highest BCUT2D eigenvalue weighted by molar-refractivity contribution is 5.48. The average Bonchev–Trinajstić information content (AvgIpc) is 2.99. The molecule has 2 aliphatic heterocycles. The molecule has 3 N–H and O–H groups in total. The van der Waals surface area contributed by atoms with Crippen LogP contribution in [0.1, 0.15) is 13.3 Å². The number of β-amino-alcohol motifs (C(OH)–C–C–N with tert-alkyl or cyclic N) is 1. The molecule has 128 valence electrons. The maximum Gasteiger partial charge on any atom is 0.146 e. The first kappa shape index (κ1) is 16.6. The van der Waals surface area contributed by atoms with E-state index in [0.717, 1.165) is 26.1 Å². The van der Waals surface area contributed by atoms with Crippen LogP contribution in [0.2, 0.25) is 0 Å². The third-order valence-corrected chi connectivity index (χ3v) is 5.21. The standard InChI is InChI=1S/C17H25FN2O3/c1-11-16(22)17(23)15(21)10-20(11)9-12-6-7-19(8-12)14-5-3-2-4-13(14)18/h2-5,11-12,15-17,21-23H,6-10H2,1H3/t11-,12?,15+,16-,17-/m1/s1. The number of piperidine rings is 1. The fourth-order valence-electron chi connectivity index (χ4n) is 3.72. The van der Waals surface area contributed by atoms with E-state index in [1.54, 1.807) is 12.1 Å². The average molecular weight is 324 g/mol. The molecular weight excluding hydrogens is 299 g/mol. The molecule has 2 aliphatic rings. The summed E-state index contributed by atoms with van der Waals surface area (Å²) in [7, 11) is 0. The molecule has 0 spiro atoms. The molecule has 2 fully saturated rings. The maximum absolute atomic E-state index is 13.9. The third kappa shape index (κ3) is 3.35. The van der Waals surface area contributed by atoms with E-state index in [-0.39, 0.29) is 11.9 Å². The number of halogens is 1. The number of hydrogen-bond acceptors (Lipinski definition) is 5. The van der Waals surface area contributed by atoms with Crippen LogP contribution >= 0.6 is 0 Å². The van der Waals surface area contributed by atoms with Crippen molar-refractivity contribution in [1.82, 2.24) is 4.90 Å². The molecule has 0 aliphatic carbocycles. The van der Waals surface area contributed by atoms with Crippen molar-refractivity contribution in [3.8, 4) is 0 Å². The monoisotopic (exact) mass is 324 g/mol. The van der Waals surface area contributed by atoms with Crippen molar-refractivity contribution in [2.24, 2.45) is 5.92 Å². The van der Waals surface area contributed by atoms with E-state index in [0.29, 0.717) is 18.2 Å². The van der Waals surface area contributed by atoms with Gasteiger partial charge in [-0.25, -0.2) is 4.39 Å². The second kappa shape index (κ2) is 6.73. The Morgan fingerprint density at radius 1 is 1.13 bits per heavy atom. The lowest BCUT2D eigenvalue weighted by molar-refractivity contribution is -0.134. The van der Waals surface area contributed by atoms with Crippen LogP contribution in [0.4, 0.5) is 10.1 Å². The lowest BCUT2D eigenvalue weighted by atomic mass is 9.93. The normalized spacial score (nSPS) is 35.7. The van der Waals surface area contributed by atoms with Gasteiger partial charge in [-0.1, -0.05) is 12.1 Å². The van der Waals surface area contributed by atoms with Crippen molar-refractivity contribution in [2.75, 3.05) is 31.1 Å². The van der Waals surface area contributed by atoms with Gasteiger partial charge in [-0.05, 0) is 31.4 Å². The molecule has 0 saturated carbocycles. The molecule has 0 aromatic heterocycles. The molecular formula is C17H25FN2O3. The number of para-hydroxylation sites is 1. The smallest absolute Gasteiger partial charge is 0.146 e. The van der Waals surface area contributed by atoms with Gasteiger partial charge in [0, 0.05) is 32.2 Å². The van der Waals surface area contributed by atoms with Crippen LogP contribution in [0.15, 0.2) is 24.3 Å². The van der Waals surface area contributed by atoms with Crippen molar-refractivity contribution in [3.63, 3.8) is 0 Å². The van der Waals surface area contributed by atoms with Gasteiger partial charge in [-0.15, -0.1) is 0 Å². The summed E-state index contributed by atoms with van der Waals surface area (Å²) in [4.78, 5) is 4.08. The first-order chi connectivity index (χ1) is 11.0. The Balaban J connectivity index is 1.61. The van der Waals surface area contributed by atoms with E-state index in [4.69, 9.17) is 0 Å². The Labute approximate surface area is 136 Å². The Bertz CT molecular complexity index is 544. The molecule has 0 radical (unpaired) electrons.